The predicted octanol–water partition coefficient (Wildman–Crippen LogP) is -0.627. The molecule has 0 atom stereocenters. The lowest BCUT2D eigenvalue weighted by Crippen LogP contribution is -2.20. The van der Waals surface area contributed by atoms with E-state index in [0.29, 0.717) is 6.54 Å². The van der Waals surface area contributed by atoms with Crippen molar-refractivity contribution in [2.45, 2.75) is 6.54 Å². The van der Waals surface area contributed by atoms with Gasteiger partial charge in [-0.15, -0.1) is 0 Å². The van der Waals surface area contributed by atoms with Gasteiger partial charge in [-0.2, -0.15) is 0 Å². The van der Waals surface area contributed by atoms with Gasteiger partial charge in [-0.25, -0.2) is 4.98 Å². The third-order valence-corrected chi connectivity index (χ3v) is 0.847. The van der Waals surface area contributed by atoms with E-state index in [1.807, 2.05) is 0 Å². The molecule has 0 aliphatic carbocycles. The standard InChI is InChI=1S/C4H8N4/c5-8-2-4-1-6-3-7-4/h1,3,8H,2,5H2,(H,6,7). The number of rotatable bonds is 2. The smallest absolute Gasteiger partial charge is 0.0922 e. The van der Waals surface area contributed by atoms with Gasteiger partial charge in [-0.05, 0) is 0 Å². The highest BCUT2D eigenvalue weighted by Gasteiger charge is 1.86. The lowest BCUT2D eigenvalue weighted by Gasteiger charge is -1.89. The fourth-order valence-corrected chi connectivity index (χ4v) is 0.491. The molecule has 0 saturated carbocycles. The Kier molecular flexibility index (Phi) is 1.61. The number of aromatic amines is 1. The maximum absolute atomic E-state index is 5.02. The maximum Gasteiger partial charge on any atom is 0.0922 e. The molecular weight excluding hydrogens is 104 g/mol. The molecule has 44 valence electrons. The van der Waals surface area contributed by atoms with Crippen LogP contribution in [0.5, 0.6) is 0 Å². The van der Waals surface area contributed by atoms with Crippen LogP contribution in [0.1, 0.15) is 5.69 Å². The van der Waals surface area contributed by atoms with Crippen molar-refractivity contribution >= 4 is 0 Å². The molecule has 0 amide bonds. The van der Waals surface area contributed by atoms with Gasteiger partial charge in [0.2, 0.25) is 0 Å². The van der Waals surface area contributed by atoms with Gasteiger partial charge in [0.15, 0.2) is 0 Å². The summed E-state index contributed by atoms with van der Waals surface area (Å²) in [5, 5.41) is 0. The van der Waals surface area contributed by atoms with Crippen LogP contribution >= 0.6 is 0 Å². The molecular formula is C4H8N4. The van der Waals surface area contributed by atoms with E-state index in [1.54, 1.807) is 12.5 Å². The Morgan fingerprint density at radius 3 is 3.25 bits per heavy atom. The van der Waals surface area contributed by atoms with Crippen LogP contribution in [0.4, 0.5) is 0 Å². The molecule has 0 aromatic carbocycles. The number of H-pyrrole nitrogens is 1. The zero-order chi connectivity index (χ0) is 5.82. The van der Waals surface area contributed by atoms with Crippen molar-refractivity contribution in [1.82, 2.24) is 15.4 Å². The highest BCUT2D eigenvalue weighted by molar-refractivity contribution is 4.92. The first-order valence-corrected chi connectivity index (χ1v) is 2.34. The van der Waals surface area contributed by atoms with E-state index in [-0.39, 0.29) is 0 Å². The van der Waals surface area contributed by atoms with Gasteiger partial charge in [0.25, 0.3) is 0 Å². The van der Waals surface area contributed by atoms with Crippen LogP contribution in [0.25, 0.3) is 0 Å². The topological polar surface area (TPSA) is 66.7 Å². The SMILES string of the molecule is NNCc1cnc[nH]1. The second-order valence-electron chi connectivity index (χ2n) is 1.46. The second-order valence-corrected chi connectivity index (χ2v) is 1.46. The molecule has 0 aliphatic rings. The lowest BCUT2D eigenvalue weighted by molar-refractivity contribution is 0.727. The average Bonchev–Trinajstić information content (AvgIpc) is 2.19. The first-order valence-electron chi connectivity index (χ1n) is 2.34. The Balaban J connectivity index is 2.50. The quantitative estimate of drug-likeness (QED) is 0.352. The van der Waals surface area contributed by atoms with Crippen molar-refractivity contribution in [1.29, 1.82) is 0 Å². The molecule has 0 radical (unpaired) electrons. The Bertz CT molecular complexity index is 134. The van der Waals surface area contributed by atoms with Crippen LogP contribution in [-0.4, -0.2) is 9.97 Å². The molecule has 0 spiro atoms. The number of hydrazine groups is 1. The number of nitrogens with two attached hydrogens (primary N) is 1. The van der Waals surface area contributed by atoms with E-state index >= 15 is 0 Å². The molecule has 0 saturated heterocycles. The summed E-state index contributed by atoms with van der Waals surface area (Å²) in [5.41, 5.74) is 3.49. The molecule has 8 heavy (non-hydrogen) atoms. The molecule has 0 aliphatic heterocycles. The van der Waals surface area contributed by atoms with Gasteiger partial charge in [0.05, 0.1) is 12.9 Å². The summed E-state index contributed by atoms with van der Waals surface area (Å²) in [6, 6.07) is 0. The molecule has 0 fully saturated rings. The summed E-state index contributed by atoms with van der Waals surface area (Å²) in [6.45, 7) is 0.639. The Labute approximate surface area is 47.1 Å². The molecule has 4 nitrogen and oxygen atoms in total. The number of aromatic nitrogens is 2. The summed E-state index contributed by atoms with van der Waals surface area (Å²) < 4.78 is 0. The first kappa shape index (κ1) is 5.27. The largest absolute Gasteiger partial charge is 0.347 e. The third kappa shape index (κ3) is 1.05. The minimum Gasteiger partial charge on any atom is -0.347 e. The Morgan fingerprint density at radius 2 is 2.75 bits per heavy atom. The number of hydrogen-bond acceptors (Lipinski definition) is 3. The number of imidazole rings is 1. The number of hydrogen-bond donors (Lipinski definition) is 3. The molecule has 1 aromatic heterocycles. The zero-order valence-electron chi connectivity index (χ0n) is 4.39. The van der Waals surface area contributed by atoms with Crippen molar-refractivity contribution in [3.63, 3.8) is 0 Å². The van der Waals surface area contributed by atoms with E-state index in [9.17, 15) is 0 Å². The average molecular weight is 112 g/mol. The molecule has 1 aromatic rings. The molecule has 4 N–H and O–H groups in total. The third-order valence-electron chi connectivity index (χ3n) is 0.847. The zero-order valence-corrected chi connectivity index (χ0v) is 4.39. The fourth-order valence-electron chi connectivity index (χ4n) is 0.491. The summed E-state index contributed by atoms with van der Waals surface area (Å²) >= 11 is 0. The van der Waals surface area contributed by atoms with Gasteiger partial charge in [0.1, 0.15) is 0 Å². The van der Waals surface area contributed by atoms with Crippen LogP contribution in [0.15, 0.2) is 12.5 Å². The predicted molar refractivity (Wildman–Crippen MR) is 29.6 cm³/mol. The van der Waals surface area contributed by atoms with Crippen LogP contribution in [0.3, 0.4) is 0 Å². The van der Waals surface area contributed by atoms with Crippen LogP contribution in [-0.2, 0) is 6.54 Å². The minimum absolute atomic E-state index is 0.639. The van der Waals surface area contributed by atoms with Crippen molar-refractivity contribution in [3.8, 4) is 0 Å². The monoisotopic (exact) mass is 112 g/mol. The van der Waals surface area contributed by atoms with E-state index in [1.165, 1.54) is 0 Å². The molecule has 0 unspecified atom stereocenters. The van der Waals surface area contributed by atoms with Crippen LogP contribution in [0, 0.1) is 0 Å². The van der Waals surface area contributed by atoms with Crippen LogP contribution < -0.4 is 11.3 Å². The van der Waals surface area contributed by atoms with E-state index < -0.39 is 0 Å². The highest BCUT2D eigenvalue weighted by Crippen LogP contribution is 1.85. The summed E-state index contributed by atoms with van der Waals surface area (Å²) in [4.78, 5) is 6.67. The number of nitrogens with zero attached hydrogens (tertiary/aromatic N) is 1. The lowest BCUT2D eigenvalue weighted by atomic mass is 10.5. The molecule has 1 rings (SSSR count). The molecule has 1 heterocycles. The van der Waals surface area contributed by atoms with E-state index in [0.717, 1.165) is 5.69 Å². The minimum atomic E-state index is 0.639. The maximum atomic E-state index is 5.02. The van der Waals surface area contributed by atoms with Crippen LogP contribution in [0.2, 0.25) is 0 Å². The van der Waals surface area contributed by atoms with Crippen molar-refractivity contribution in [2.75, 3.05) is 0 Å². The summed E-state index contributed by atoms with van der Waals surface area (Å²) in [5.74, 6) is 5.02. The Morgan fingerprint density at radius 1 is 1.88 bits per heavy atom. The van der Waals surface area contributed by atoms with Gasteiger partial charge in [-0.3, -0.25) is 11.3 Å². The molecule has 0 bridgehead atoms. The van der Waals surface area contributed by atoms with E-state index in [2.05, 4.69) is 15.4 Å². The fraction of sp³-hybridized carbons (Fsp3) is 0.250. The first-order chi connectivity index (χ1) is 3.93. The number of nitrogens with one attached hydrogen (secondary N) is 2. The van der Waals surface area contributed by atoms with E-state index in [4.69, 9.17) is 5.84 Å². The van der Waals surface area contributed by atoms with Crippen molar-refractivity contribution in [2.24, 2.45) is 5.84 Å². The second kappa shape index (κ2) is 2.44. The van der Waals surface area contributed by atoms with Gasteiger partial charge in [0, 0.05) is 11.9 Å². The summed E-state index contributed by atoms with van der Waals surface area (Å²) in [6.07, 6.45) is 3.34. The summed E-state index contributed by atoms with van der Waals surface area (Å²) in [7, 11) is 0. The van der Waals surface area contributed by atoms with Crippen molar-refractivity contribution < 1.29 is 0 Å². The highest BCUT2D eigenvalue weighted by atomic mass is 15.2. The van der Waals surface area contributed by atoms with Gasteiger partial charge < -0.3 is 4.98 Å². The van der Waals surface area contributed by atoms with Gasteiger partial charge in [-0.1, -0.05) is 0 Å². The molecule has 4 heteroatoms. The van der Waals surface area contributed by atoms with Gasteiger partial charge >= 0.3 is 0 Å². The Hall–Kier alpha value is -0.870. The van der Waals surface area contributed by atoms with Crippen molar-refractivity contribution in [3.05, 3.63) is 18.2 Å². The normalized spacial score (nSPS) is 9.62.